The highest BCUT2D eigenvalue weighted by atomic mass is 16.5. The molecule has 3 aliphatic heterocycles. The number of amides is 4. The number of methoxy groups -OCH3 is 1. The molecule has 63 heavy (non-hydrogen) atoms. The molecule has 2 aromatic heterocycles. The minimum absolute atomic E-state index is 0.104. The highest BCUT2D eigenvalue weighted by molar-refractivity contribution is 5.91. The van der Waals surface area contributed by atoms with Crippen LogP contribution in [-0.2, 0) is 19.1 Å². The molecular weight excluding hydrogens is 801 g/mol. The predicted molar refractivity (Wildman–Crippen MR) is 238 cm³/mol. The third-order valence-corrected chi connectivity index (χ3v) is 13.2. The van der Waals surface area contributed by atoms with Gasteiger partial charge in [-0.15, -0.1) is 0 Å². The summed E-state index contributed by atoms with van der Waals surface area (Å²) in [4.78, 5) is 73.5. The van der Waals surface area contributed by atoms with E-state index in [4.69, 9.17) is 19.4 Å². The average Bonchev–Trinajstić information content (AvgIpc) is 4.12. The third kappa shape index (κ3) is 9.01. The summed E-state index contributed by atoms with van der Waals surface area (Å²) in [6.07, 6.45) is 4.67. The van der Waals surface area contributed by atoms with E-state index in [1.807, 2.05) is 36.0 Å². The van der Waals surface area contributed by atoms with Gasteiger partial charge in [0, 0.05) is 38.9 Å². The number of rotatable bonds is 11. The second-order valence-corrected chi connectivity index (χ2v) is 18.1. The Morgan fingerprint density at radius 1 is 0.778 bits per heavy atom. The molecule has 15 nitrogen and oxygen atoms in total. The van der Waals surface area contributed by atoms with Gasteiger partial charge in [-0.25, -0.2) is 19.6 Å². The molecule has 5 aromatic rings. The van der Waals surface area contributed by atoms with Crippen LogP contribution in [0.2, 0.25) is 0 Å². The number of aromatic nitrogens is 4. The van der Waals surface area contributed by atoms with Crippen LogP contribution in [0.1, 0.15) is 77.1 Å². The molecule has 3 fully saturated rings. The third-order valence-electron chi connectivity index (χ3n) is 13.2. The number of nitrogens with one attached hydrogen (secondary N) is 3. The van der Waals surface area contributed by atoms with Crippen molar-refractivity contribution in [3.8, 4) is 33.6 Å². The lowest BCUT2D eigenvalue weighted by Crippen LogP contribution is -2.53. The molecule has 0 radical (unpaired) electrons. The number of H-pyrrole nitrogens is 2. The molecule has 3 aromatic carbocycles. The van der Waals surface area contributed by atoms with E-state index in [9.17, 15) is 24.3 Å². The van der Waals surface area contributed by atoms with E-state index in [1.54, 1.807) is 0 Å². The monoisotopic (exact) mass is 858 g/mol. The second-order valence-electron chi connectivity index (χ2n) is 18.1. The second kappa shape index (κ2) is 18.2. The number of carboxylic acid groups (broad SMARTS) is 1. The zero-order valence-electron chi connectivity index (χ0n) is 36.8. The maximum absolute atomic E-state index is 14.2. The fraction of sp³-hybridized carbons (Fsp3) is 0.458. The first-order valence-corrected chi connectivity index (χ1v) is 22.0. The summed E-state index contributed by atoms with van der Waals surface area (Å²) in [6.45, 7) is 10.2. The van der Waals surface area contributed by atoms with Gasteiger partial charge in [-0.3, -0.25) is 14.5 Å². The van der Waals surface area contributed by atoms with Gasteiger partial charge in [0.15, 0.2) is 0 Å². The fourth-order valence-corrected chi connectivity index (χ4v) is 9.72. The van der Waals surface area contributed by atoms with Gasteiger partial charge in [-0.05, 0) is 89.0 Å². The Morgan fingerprint density at radius 3 is 1.84 bits per heavy atom. The molecule has 0 aliphatic carbocycles. The quantitative estimate of drug-likeness (QED) is 0.103. The lowest BCUT2D eigenvalue weighted by Gasteiger charge is -2.37. The van der Waals surface area contributed by atoms with Crippen molar-refractivity contribution in [1.82, 2.24) is 40.0 Å². The molecule has 4 amide bonds. The molecule has 3 saturated heterocycles. The van der Waals surface area contributed by atoms with Crippen LogP contribution in [0.5, 0.6) is 0 Å². The van der Waals surface area contributed by atoms with E-state index in [0.717, 1.165) is 63.1 Å². The van der Waals surface area contributed by atoms with Crippen LogP contribution in [0.3, 0.4) is 0 Å². The van der Waals surface area contributed by atoms with E-state index in [-0.39, 0.29) is 47.6 Å². The number of likely N-dealkylation sites (N-methyl/N-ethyl adjacent to an activating group) is 1. The fourth-order valence-electron chi connectivity index (χ4n) is 9.72. The van der Waals surface area contributed by atoms with Gasteiger partial charge in [-0.2, -0.15) is 0 Å². The van der Waals surface area contributed by atoms with Crippen molar-refractivity contribution in [3.05, 3.63) is 84.7 Å². The number of aromatic amines is 2. The number of likely N-dealkylation sites (tertiary alicyclic amines) is 2. The van der Waals surface area contributed by atoms with Crippen LogP contribution in [0.25, 0.3) is 44.4 Å². The molecule has 2 unspecified atom stereocenters. The lowest BCUT2D eigenvalue weighted by molar-refractivity contribution is -0.140. The van der Waals surface area contributed by atoms with Crippen molar-refractivity contribution < 1.29 is 33.8 Å². The Morgan fingerprint density at radius 2 is 1.29 bits per heavy atom. The Labute approximate surface area is 367 Å². The van der Waals surface area contributed by atoms with Crippen LogP contribution in [0.15, 0.2) is 73.1 Å². The summed E-state index contributed by atoms with van der Waals surface area (Å²) >= 11 is 0. The Balaban J connectivity index is 0.954. The first-order chi connectivity index (χ1) is 30.3. The van der Waals surface area contributed by atoms with Gasteiger partial charge in [0.25, 0.3) is 0 Å². The Hall–Kier alpha value is -6.22. The lowest BCUT2D eigenvalue weighted by atomic mass is 9.89. The van der Waals surface area contributed by atoms with E-state index in [1.165, 1.54) is 19.1 Å². The van der Waals surface area contributed by atoms with Crippen molar-refractivity contribution in [2.45, 2.75) is 77.5 Å². The maximum Gasteiger partial charge on any atom is 0.407 e. The van der Waals surface area contributed by atoms with Crippen LogP contribution in [-0.4, -0.2) is 116 Å². The zero-order valence-corrected chi connectivity index (χ0v) is 36.8. The molecule has 6 atom stereocenters. The number of carbonyl (C=O) groups excluding carboxylic acids is 3. The number of benzene rings is 3. The highest BCUT2D eigenvalue weighted by Crippen LogP contribution is 2.39. The van der Waals surface area contributed by atoms with Crippen molar-refractivity contribution >= 4 is 34.8 Å². The normalized spacial score (nSPS) is 21.4. The molecule has 15 heteroatoms. The number of alkyl carbamates (subject to hydrolysis) is 1. The number of fused-ring (bicyclic) bond motifs is 1. The summed E-state index contributed by atoms with van der Waals surface area (Å²) < 4.78 is 10.3. The van der Waals surface area contributed by atoms with Gasteiger partial charge in [-0.1, -0.05) is 76.2 Å². The topological polar surface area (TPSA) is 186 Å². The van der Waals surface area contributed by atoms with Gasteiger partial charge in [0.05, 0.1) is 43.0 Å². The van der Waals surface area contributed by atoms with Gasteiger partial charge >= 0.3 is 12.2 Å². The zero-order chi connectivity index (χ0) is 44.5. The number of ether oxygens (including phenoxy) is 2. The molecule has 8 rings (SSSR count). The first kappa shape index (κ1) is 43.4. The van der Waals surface area contributed by atoms with Crippen LogP contribution in [0, 0.1) is 23.7 Å². The summed E-state index contributed by atoms with van der Waals surface area (Å²) in [7, 11) is 2.78. The van der Waals surface area contributed by atoms with Crippen molar-refractivity contribution in [2.75, 3.05) is 40.5 Å². The van der Waals surface area contributed by atoms with Crippen molar-refractivity contribution in [1.29, 1.82) is 0 Å². The minimum atomic E-state index is -1.11. The van der Waals surface area contributed by atoms with Gasteiger partial charge < -0.3 is 39.7 Å². The summed E-state index contributed by atoms with van der Waals surface area (Å²) in [5.41, 5.74) is 5.81. The summed E-state index contributed by atoms with van der Waals surface area (Å²) in [6, 6.07) is 19.1. The predicted octanol–water partition coefficient (Wildman–Crippen LogP) is 7.89. The molecule has 5 heterocycles. The smallest absolute Gasteiger partial charge is 0.407 e. The minimum Gasteiger partial charge on any atom is -0.465 e. The van der Waals surface area contributed by atoms with Gasteiger partial charge in [0.2, 0.25) is 11.8 Å². The van der Waals surface area contributed by atoms with E-state index < -0.39 is 24.3 Å². The summed E-state index contributed by atoms with van der Waals surface area (Å²) in [5.74, 6) is 1.39. The van der Waals surface area contributed by atoms with Crippen LogP contribution >= 0.6 is 0 Å². The standard InChI is InChI=1S/C48H58N8O7/c1-27(2)41(53-47(59)62-6)45(57)55-25-28(3)19-39(55)43-50-24-38(52-43)36-14-13-34-21-33(11-12-35(34)22-36)30-7-9-31(10-8-30)37-23-49-44(51-37)40-20-29(4)26-56(40)46(58)42(54(5)48(60)61)32-15-17-63-18-16-32/h7-14,21-24,27-29,32,39-42H,15-20,25-26H2,1-6H3,(H,49,51)(H,50,52)(H,53,59)(H,60,61)/t28?,29-,39?,40-,41-,42-/m0/s1. The molecule has 4 N–H and O–H groups in total. The molecule has 0 bridgehead atoms. The van der Waals surface area contributed by atoms with E-state index in [0.29, 0.717) is 45.0 Å². The van der Waals surface area contributed by atoms with E-state index in [2.05, 4.69) is 89.8 Å². The average molecular weight is 859 g/mol. The van der Waals surface area contributed by atoms with Crippen LogP contribution < -0.4 is 5.32 Å². The molecule has 3 aliphatic rings. The van der Waals surface area contributed by atoms with Gasteiger partial charge in [0.1, 0.15) is 23.7 Å². The summed E-state index contributed by atoms with van der Waals surface area (Å²) in [5, 5.41) is 14.8. The SMILES string of the molecule is COC(=O)N[C@H](C(=O)N1CC(C)CC1c1ncc(-c2ccc3cc(-c4ccc(-c5cnc([C@@H]6C[C@H](C)CN6C(=O)[C@H](C6CCOCC6)N(C)C(=O)O)[nH]5)cc4)ccc3c2)[nH]1)C(C)C. The number of hydrogen-bond donors (Lipinski definition) is 4. The molecule has 0 spiro atoms. The number of imidazole rings is 2. The van der Waals surface area contributed by atoms with Crippen molar-refractivity contribution in [2.24, 2.45) is 23.7 Å². The molecule has 0 saturated carbocycles. The first-order valence-electron chi connectivity index (χ1n) is 22.0. The number of hydrogen-bond acceptors (Lipinski definition) is 8. The number of nitrogens with zero attached hydrogens (tertiary/aromatic N) is 5. The Bertz CT molecular complexity index is 2460. The highest BCUT2D eigenvalue weighted by Gasteiger charge is 2.44. The number of carbonyl (C=O) groups is 4. The Kier molecular flexibility index (Phi) is 12.6. The van der Waals surface area contributed by atoms with Crippen LogP contribution in [0.4, 0.5) is 9.59 Å². The molecular formula is C48H58N8O7. The maximum atomic E-state index is 14.2. The molecule has 332 valence electrons. The largest absolute Gasteiger partial charge is 0.465 e. The van der Waals surface area contributed by atoms with E-state index >= 15 is 0 Å². The van der Waals surface area contributed by atoms with Crippen molar-refractivity contribution in [3.63, 3.8) is 0 Å².